The molecule has 2 rings (SSSR count). The van der Waals surface area contributed by atoms with Crippen molar-refractivity contribution in [1.82, 2.24) is 10.2 Å². The lowest BCUT2D eigenvalue weighted by molar-refractivity contribution is 0.475. The molecule has 4 nitrogen and oxygen atoms in total. The first kappa shape index (κ1) is 8.77. The second kappa shape index (κ2) is 3.51. The van der Waals surface area contributed by atoms with Gasteiger partial charge in [-0.2, -0.15) is 5.10 Å². The lowest BCUT2D eigenvalue weighted by Crippen LogP contribution is -1.98. The van der Waals surface area contributed by atoms with Crippen LogP contribution in [0.15, 0.2) is 30.5 Å². The zero-order valence-electron chi connectivity index (χ0n) is 7.57. The van der Waals surface area contributed by atoms with Crippen molar-refractivity contribution in [3.8, 4) is 16.9 Å². The van der Waals surface area contributed by atoms with Crippen LogP contribution >= 0.6 is 0 Å². The smallest absolute Gasteiger partial charge is 0.116 e. The molecule has 0 unspecified atom stereocenters. The molecule has 0 amide bonds. The summed E-state index contributed by atoms with van der Waals surface area (Å²) in [7, 11) is 0. The molecule has 0 atom stereocenters. The maximum atomic E-state index is 9.31. The second-order valence-corrected chi connectivity index (χ2v) is 3.02. The molecule has 0 bridgehead atoms. The summed E-state index contributed by atoms with van der Waals surface area (Å²) in [6.45, 7) is 0.408. The van der Waals surface area contributed by atoms with Crippen LogP contribution in [0.5, 0.6) is 5.75 Å². The third-order valence-corrected chi connectivity index (χ3v) is 2.08. The number of H-pyrrole nitrogens is 1. The predicted molar refractivity (Wildman–Crippen MR) is 53.6 cm³/mol. The summed E-state index contributed by atoms with van der Waals surface area (Å²) in [5, 5.41) is 16.0. The van der Waals surface area contributed by atoms with Crippen molar-refractivity contribution in [1.29, 1.82) is 0 Å². The average Bonchev–Trinajstić information content (AvgIpc) is 2.65. The molecule has 1 aromatic heterocycles. The SMILES string of the molecule is NCc1[nH]ncc1-c1cccc(O)c1. The van der Waals surface area contributed by atoms with Crippen LogP contribution in [-0.4, -0.2) is 15.3 Å². The molecule has 4 N–H and O–H groups in total. The van der Waals surface area contributed by atoms with E-state index in [0.717, 1.165) is 16.8 Å². The van der Waals surface area contributed by atoms with E-state index in [4.69, 9.17) is 5.73 Å². The van der Waals surface area contributed by atoms with Crippen LogP contribution in [0.4, 0.5) is 0 Å². The first-order valence-electron chi connectivity index (χ1n) is 4.33. The van der Waals surface area contributed by atoms with Crippen molar-refractivity contribution in [2.45, 2.75) is 6.54 Å². The number of nitrogens with one attached hydrogen (secondary N) is 1. The molecular weight excluding hydrogens is 178 g/mol. The standard InChI is InChI=1S/C10H11N3O/c11-5-10-9(6-12-13-10)7-2-1-3-8(14)4-7/h1-4,6,14H,5,11H2,(H,12,13). The van der Waals surface area contributed by atoms with Gasteiger partial charge in [-0.05, 0) is 17.7 Å². The number of aromatic amines is 1. The number of nitrogens with two attached hydrogens (primary N) is 1. The van der Waals surface area contributed by atoms with Crippen LogP contribution in [0.2, 0.25) is 0 Å². The van der Waals surface area contributed by atoms with Gasteiger partial charge in [0.05, 0.1) is 11.9 Å². The number of phenols is 1. The Kier molecular flexibility index (Phi) is 2.20. The molecule has 4 heteroatoms. The normalized spacial score (nSPS) is 10.4. The molecule has 0 saturated heterocycles. The highest BCUT2D eigenvalue weighted by molar-refractivity contribution is 5.66. The number of aromatic nitrogens is 2. The van der Waals surface area contributed by atoms with Gasteiger partial charge in [0.25, 0.3) is 0 Å². The highest BCUT2D eigenvalue weighted by Crippen LogP contribution is 2.24. The van der Waals surface area contributed by atoms with Gasteiger partial charge in [0.1, 0.15) is 5.75 Å². The largest absolute Gasteiger partial charge is 0.508 e. The van der Waals surface area contributed by atoms with Gasteiger partial charge in [0.2, 0.25) is 0 Å². The quantitative estimate of drug-likeness (QED) is 0.665. The van der Waals surface area contributed by atoms with Crippen molar-refractivity contribution in [2.75, 3.05) is 0 Å². The Morgan fingerprint density at radius 3 is 3.00 bits per heavy atom. The number of aromatic hydroxyl groups is 1. The van der Waals surface area contributed by atoms with Gasteiger partial charge in [-0.15, -0.1) is 0 Å². The first-order valence-corrected chi connectivity index (χ1v) is 4.33. The molecule has 1 heterocycles. The minimum atomic E-state index is 0.242. The van der Waals surface area contributed by atoms with Crippen LogP contribution in [0.3, 0.4) is 0 Å². The summed E-state index contributed by atoms with van der Waals surface area (Å²) in [4.78, 5) is 0. The van der Waals surface area contributed by atoms with Crippen molar-refractivity contribution >= 4 is 0 Å². The molecule has 0 aliphatic carbocycles. The van der Waals surface area contributed by atoms with E-state index in [0.29, 0.717) is 6.54 Å². The Hall–Kier alpha value is -1.81. The van der Waals surface area contributed by atoms with E-state index < -0.39 is 0 Å². The van der Waals surface area contributed by atoms with Crippen molar-refractivity contribution in [3.05, 3.63) is 36.2 Å². The molecule has 0 spiro atoms. The Bertz CT molecular complexity index is 436. The summed E-state index contributed by atoms with van der Waals surface area (Å²) < 4.78 is 0. The van der Waals surface area contributed by atoms with Crippen LogP contribution in [-0.2, 0) is 6.54 Å². The predicted octanol–water partition coefficient (Wildman–Crippen LogP) is 1.24. The van der Waals surface area contributed by atoms with Crippen molar-refractivity contribution in [2.24, 2.45) is 5.73 Å². The zero-order valence-corrected chi connectivity index (χ0v) is 7.57. The number of nitrogens with zero attached hydrogens (tertiary/aromatic N) is 1. The second-order valence-electron chi connectivity index (χ2n) is 3.02. The van der Waals surface area contributed by atoms with E-state index in [2.05, 4.69) is 10.2 Å². The van der Waals surface area contributed by atoms with Gasteiger partial charge in [-0.25, -0.2) is 0 Å². The zero-order chi connectivity index (χ0) is 9.97. The number of rotatable bonds is 2. The maximum Gasteiger partial charge on any atom is 0.116 e. The molecule has 72 valence electrons. The minimum absolute atomic E-state index is 0.242. The van der Waals surface area contributed by atoms with Crippen LogP contribution in [0.25, 0.3) is 11.1 Å². The fourth-order valence-corrected chi connectivity index (χ4v) is 1.39. The van der Waals surface area contributed by atoms with Crippen LogP contribution in [0, 0.1) is 0 Å². The van der Waals surface area contributed by atoms with Gasteiger partial charge < -0.3 is 10.8 Å². The molecule has 2 aromatic rings. The lowest BCUT2D eigenvalue weighted by atomic mass is 10.1. The minimum Gasteiger partial charge on any atom is -0.508 e. The Morgan fingerprint density at radius 2 is 2.29 bits per heavy atom. The van der Waals surface area contributed by atoms with Gasteiger partial charge in [-0.1, -0.05) is 12.1 Å². The molecule has 0 saturated carbocycles. The van der Waals surface area contributed by atoms with Crippen molar-refractivity contribution < 1.29 is 5.11 Å². The fourth-order valence-electron chi connectivity index (χ4n) is 1.39. The summed E-state index contributed by atoms with van der Waals surface area (Å²) in [5.41, 5.74) is 8.26. The molecule has 1 aromatic carbocycles. The topological polar surface area (TPSA) is 74.9 Å². The number of benzene rings is 1. The van der Waals surface area contributed by atoms with Gasteiger partial charge in [0.15, 0.2) is 0 Å². The van der Waals surface area contributed by atoms with E-state index in [9.17, 15) is 5.11 Å². The van der Waals surface area contributed by atoms with Gasteiger partial charge >= 0.3 is 0 Å². The number of hydrogen-bond acceptors (Lipinski definition) is 3. The van der Waals surface area contributed by atoms with E-state index >= 15 is 0 Å². The highest BCUT2D eigenvalue weighted by Gasteiger charge is 2.05. The van der Waals surface area contributed by atoms with Crippen molar-refractivity contribution in [3.63, 3.8) is 0 Å². The monoisotopic (exact) mass is 189 g/mol. The van der Waals surface area contributed by atoms with Gasteiger partial charge in [0, 0.05) is 12.1 Å². The van der Waals surface area contributed by atoms with E-state index in [1.165, 1.54) is 0 Å². The fraction of sp³-hybridized carbons (Fsp3) is 0.100. The van der Waals surface area contributed by atoms with E-state index in [-0.39, 0.29) is 5.75 Å². The summed E-state index contributed by atoms with van der Waals surface area (Å²) >= 11 is 0. The first-order chi connectivity index (χ1) is 6.81. The molecule has 0 aliphatic heterocycles. The van der Waals surface area contributed by atoms with Crippen LogP contribution in [0.1, 0.15) is 5.69 Å². The highest BCUT2D eigenvalue weighted by atomic mass is 16.3. The molecular formula is C10H11N3O. The maximum absolute atomic E-state index is 9.31. The molecule has 0 fully saturated rings. The Morgan fingerprint density at radius 1 is 1.43 bits per heavy atom. The third kappa shape index (κ3) is 1.47. The molecule has 14 heavy (non-hydrogen) atoms. The summed E-state index contributed by atoms with van der Waals surface area (Å²) in [5.74, 6) is 0.242. The average molecular weight is 189 g/mol. The summed E-state index contributed by atoms with van der Waals surface area (Å²) in [6, 6.07) is 7.01. The lowest BCUT2D eigenvalue weighted by Gasteiger charge is -2.01. The van der Waals surface area contributed by atoms with E-state index in [1.54, 1.807) is 24.4 Å². The van der Waals surface area contributed by atoms with E-state index in [1.807, 2.05) is 6.07 Å². The number of phenolic OH excluding ortho intramolecular Hbond substituents is 1. The Balaban J connectivity index is 2.49. The molecule has 0 aliphatic rings. The Labute approximate surface area is 81.4 Å². The van der Waals surface area contributed by atoms with Crippen LogP contribution < -0.4 is 5.73 Å². The number of hydrogen-bond donors (Lipinski definition) is 3. The van der Waals surface area contributed by atoms with Gasteiger partial charge in [-0.3, -0.25) is 5.10 Å². The summed E-state index contributed by atoms with van der Waals surface area (Å²) in [6.07, 6.45) is 1.71. The molecule has 0 radical (unpaired) electrons. The third-order valence-electron chi connectivity index (χ3n) is 2.08.